The molecule has 0 aliphatic carbocycles. The predicted octanol–water partition coefficient (Wildman–Crippen LogP) is 3.58. The molecule has 0 aliphatic heterocycles. The second kappa shape index (κ2) is 5.36. The van der Waals surface area contributed by atoms with Crippen LogP contribution in [0.1, 0.15) is 21.9 Å². The SMILES string of the molecule is Cc1ccc(CN(C)c2cccc(Cl)c2C(=O)O)o1. The van der Waals surface area contributed by atoms with Gasteiger partial charge in [-0.2, -0.15) is 0 Å². The van der Waals surface area contributed by atoms with Crippen molar-refractivity contribution in [3.05, 3.63) is 52.4 Å². The number of halogens is 1. The van der Waals surface area contributed by atoms with Crippen LogP contribution in [-0.4, -0.2) is 18.1 Å². The Labute approximate surface area is 116 Å². The maximum atomic E-state index is 11.3. The topological polar surface area (TPSA) is 53.7 Å². The lowest BCUT2D eigenvalue weighted by atomic mass is 10.1. The lowest BCUT2D eigenvalue weighted by molar-refractivity contribution is 0.0697. The molecule has 1 aromatic carbocycles. The number of aromatic carboxylic acids is 1. The summed E-state index contributed by atoms with van der Waals surface area (Å²) in [5, 5.41) is 9.46. The third-order valence-corrected chi connectivity index (χ3v) is 3.12. The molecule has 0 saturated carbocycles. The Morgan fingerprint density at radius 1 is 1.37 bits per heavy atom. The number of hydrogen-bond donors (Lipinski definition) is 1. The van der Waals surface area contributed by atoms with Gasteiger partial charge in [0.15, 0.2) is 0 Å². The van der Waals surface area contributed by atoms with Gasteiger partial charge in [-0.1, -0.05) is 17.7 Å². The smallest absolute Gasteiger partial charge is 0.339 e. The molecular weight excluding hydrogens is 266 g/mol. The standard InChI is InChI=1S/C14H14ClNO3/c1-9-6-7-10(19-9)8-16(2)12-5-3-4-11(15)13(12)14(17)18/h3-7H,8H2,1-2H3,(H,17,18). The number of aryl methyl sites for hydroxylation is 1. The molecule has 1 N–H and O–H groups in total. The van der Waals surface area contributed by atoms with Crippen LogP contribution in [0.2, 0.25) is 5.02 Å². The van der Waals surface area contributed by atoms with Crippen molar-refractivity contribution in [3.63, 3.8) is 0 Å². The zero-order valence-electron chi connectivity index (χ0n) is 10.7. The molecule has 5 heteroatoms. The van der Waals surface area contributed by atoms with E-state index in [2.05, 4.69) is 0 Å². The molecule has 0 fully saturated rings. The molecule has 19 heavy (non-hydrogen) atoms. The van der Waals surface area contributed by atoms with Gasteiger partial charge in [0, 0.05) is 7.05 Å². The van der Waals surface area contributed by atoms with Crippen LogP contribution in [0.5, 0.6) is 0 Å². The predicted molar refractivity (Wildman–Crippen MR) is 74.0 cm³/mol. The van der Waals surface area contributed by atoms with Crippen molar-refractivity contribution in [2.75, 3.05) is 11.9 Å². The minimum absolute atomic E-state index is 0.106. The fraction of sp³-hybridized carbons (Fsp3) is 0.214. The fourth-order valence-corrected chi connectivity index (χ4v) is 2.18. The number of nitrogens with zero attached hydrogens (tertiary/aromatic N) is 1. The van der Waals surface area contributed by atoms with Crippen LogP contribution in [0.3, 0.4) is 0 Å². The van der Waals surface area contributed by atoms with E-state index in [0.29, 0.717) is 12.2 Å². The molecule has 0 radical (unpaired) electrons. The van der Waals surface area contributed by atoms with E-state index in [1.165, 1.54) is 0 Å². The molecule has 2 rings (SSSR count). The Kier molecular flexibility index (Phi) is 3.81. The van der Waals surface area contributed by atoms with Crippen molar-refractivity contribution in [1.82, 2.24) is 0 Å². The van der Waals surface area contributed by atoms with Gasteiger partial charge in [-0.05, 0) is 31.2 Å². The minimum Gasteiger partial charge on any atom is -0.478 e. The van der Waals surface area contributed by atoms with E-state index in [9.17, 15) is 9.90 Å². The van der Waals surface area contributed by atoms with Crippen LogP contribution >= 0.6 is 11.6 Å². The van der Waals surface area contributed by atoms with E-state index >= 15 is 0 Å². The molecule has 0 atom stereocenters. The summed E-state index contributed by atoms with van der Waals surface area (Å²) < 4.78 is 5.48. The highest BCUT2D eigenvalue weighted by molar-refractivity contribution is 6.34. The summed E-state index contributed by atoms with van der Waals surface area (Å²) >= 11 is 5.94. The lowest BCUT2D eigenvalue weighted by Gasteiger charge is -2.20. The molecule has 4 nitrogen and oxygen atoms in total. The molecule has 0 saturated heterocycles. The molecule has 1 heterocycles. The highest BCUT2D eigenvalue weighted by Gasteiger charge is 2.17. The monoisotopic (exact) mass is 279 g/mol. The minimum atomic E-state index is -1.04. The van der Waals surface area contributed by atoms with Gasteiger partial charge in [-0.25, -0.2) is 4.79 Å². The quantitative estimate of drug-likeness (QED) is 0.929. The van der Waals surface area contributed by atoms with Crippen LogP contribution < -0.4 is 4.90 Å². The van der Waals surface area contributed by atoms with Gasteiger partial charge in [0.2, 0.25) is 0 Å². The van der Waals surface area contributed by atoms with Crippen molar-refractivity contribution < 1.29 is 14.3 Å². The number of carboxylic acid groups (broad SMARTS) is 1. The zero-order valence-corrected chi connectivity index (χ0v) is 11.4. The summed E-state index contributed by atoms with van der Waals surface area (Å²) in [6, 6.07) is 8.77. The van der Waals surface area contributed by atoms with Gasteiger partial charge in [0.05, 0.1) is 17.3 Å². The lowest BCUT2D eigenvalue weighted by Crippen LogP contribution is -2.19. The summed E-state index contributed by atoms with van der Waals surface area (Å²) in [6.45, 7) is 2.35. The van der Waals surface area contributed by atoms with E-state index in [1.807, 2.05) is 19.1 Å². The normalized spacial score (nSPS) is 10.5. The highest BCUT2D eigenvalue weighted by Crippen LogP contribution is 2.28. The number of hydrogen-bond acceptors (Lipinski definition) is 3. The van der Waals surface area contributed by atoms with Crippen LogP contribution in [-0.2, 0) is 6.54 Å². The van der Waals surface area contributed by atoms with Gasteiger partial charge in [-0.3, -0.25) is 0 Å². The van der Waals surface area contributed by atoms with Crippen molar-refractivity contribution in [3.8, 4) is 0 Å². The average Bonchev–Trinajstić information content (AvgIpc) is 2.73. The van der Waals surface area contributed by atoms with Gasteiger partial charge >= 0.3 is 5.97 Å². The van der Waals surface area contributed by atoms with Crippen LogP contribution in [0.25, 0.3) is 0 Å². The Morgan fingerprint density at radius 3 is 2.68 bits per heavy atom. The van der Waals surface area contributed by atoms with Gasteiger partial charge in [0.1, 0.15) is 17.1 Å². The third kappa shape index (κ3) is 2.90. The van der Waals surface area contributed by atoms with Gasteiger partial charge < -0.3 is 14.4 Å². The Balaban J connectivity index is 2.31. The number of furan rings is 1. The van der Waals surface area contributed by atoms with E-state index in [1.54, 1.807) is 30.1 Å². The fourth-order valence-electron chi connectivity index (χ4n) is 1.93. The second-order valence-electron chi connectivity index (χ2n) is 4.31. The second-order valence-corrected chi connectivity index (χ2v) is 4.71. The van der Waals surface area contributed by atoms with Crippen molar-refractivity contribution >= 4 is 23.3 Å². The summed E-state index contributed by atoms with van der Waals surface area (Å²) in [7, 11) is 1.80. The summed E-state index contributed by atoms with van der Waals surface area (Å²) in [6.07, 6.45) is 0. The first-order chi connectivity index (χ1) is 8.99. The Bertz CT molecular complexity index is 606. The first-order valence-electron chi connectivity index (χ1n) is 5.77. The molecule has 2 aromatic rings. The number of rotatable bonds is 4. The number of anilines is 1. The molecule has 100 valence electrons. The van der Waals surface area contributed by atoms with E-state index in [-0.39, 0.29) is 10.6 Å². The van der Waals surface area contributed by atoms with Gasteiger partial charge in [0.25, 0.3) is 0 Å². The maximum absolute atomic E-state index is 11.3. The molecule has 0 amide bonds. The summed E-state index contributed by atoms with van der Waals surface area (Å²) in [5.41, 5.74) is 0.670. The number of carboxylic acids is 1. The molecule has 0 spiro atoms. The summed E-state index contributed by atoms with van der Waals surface area (Å²) in [4.78, 5) is 13.1. The molecular formula is C14H14ClNO3. The Morgan fingerprint density at radius 2 is 2.11 bits per heavy atom. The number of carbonyl (C=O) groups is 1. The maximum Gasteiger partial charge on any atom is 0.339 e. The zero-order chi connectivity index (χ0) is 14.0. The van der Waals surface area contributed by atoms with Crippen LogP contribution in [0.4, 0.5) is 5.69 Å². The van der Waals surface area contributed by atoms with Crippen molar-refractivity contribution in [1.29, 1.82) is 0 Å². The van der Waals surface area contributed by atoms with Crippen molar-refractivity contribution in [2.24, 2.45) is 0 Å². The van der Waals surface area contributed by atoms with Crippen molar-refractivity contribution in [2.45, 2.75) is 13.5 Å². The largest absolute Gasteiger partial charge is 0.478 e. The van der Waals surface area contributed by atoms with E-state index < -0.39 is 5.97 Å². The Hall–Kier alpha value is -1.94. The third-order valence-electron chi connectivity index (χ3n) is 2.81. The number of benzene rings is 1. The molecule has 0 aliphatic rings. The van der Waals surface area contributed by atoms with Crippen LogP contribution in [0, 0.1) is 6.92 Å². The van der Waals surface area contributed by atoms with Crippen LogP contribution in [0.15, 0.2) is 34.7 Å². The van der Waals surface area contributed by atoms with E-state index in [4.69, 9.17) is 16.0 Å². The first-order valence-corrected chi connectivity index (χ1v) is 6.15. The van der Waals surface area contributed by atoms with Gasteiger partial charge in [-0.15, -0.1) is 0 Å². The van der Waals surface area contributed by atoms with E-state index in [0.717, 1.165) is 11.5 Å². The molecule has 1 aromatic heterocycles. The highest BCUT2D eigenvalue weighted by atomic mass is 35.5. The molecule has 0 bridgehead atoms. The molecule has 0 unspecified atom stereocenters. The first kappa shape index (κ1) is 13.5. The summed E-state index contributed by atoms with van der Waals surface area (Å²) in [5.74, 6) is 0.562. The average molecular weight is 280 g/mol.